The van der Waals surface area contributed by atoms with Crippen molar-refractivity contribution in [3.63, 3.8) is 0 Å². The SMILES string of the molecule is CCn1ncc(-c2nc(-c3csc(C(C)C)n3)no2)n1. The second-order valence-corrected chi connectivity index (χ2v) is 5.46. The number of aromatic nitrogens is 6. The first kappa shape index (κ1) is 12.9. The summed E-state index contributed by atoms with van der Waals surface area (Å²) in [6, 6.07) is 0. The molecule has 3 heterocycles. The van der Waals surface area contributed by atoms with Crippen LogP contribution in [-0.4, -0.2) is 30.1 Å². The minimum absolute atomic E-state index is 0.360. The lowest BCUT2D eigenvalue weighted by Crippen LogP contribution is -1.97. The summed E-state index contributed by atoms with van der Waals surface area (Å²) >= 11 is 1.60. The van der Waals surface area contributed by atoms with Crippen LogP contribution in [0.3, 0.4) is 0 Å². The summed E-state index contributed by atoms with van der Waals surface area (Å²) in [7, 11) is 0. The first-order valence-corrected chi connectivity index (χ1v) is 7.25. The van der Waals surface area contributed by atoms with Gasteiger partial charge in [-0.1, -0.05) is 19.0 Å². The van der Waals surface area contributed by atoms with Crippen LogP contribution in [0.15, 0.2) is 16.1 Å². The maximum absolute atomic E-state index is 5.22. The standard InChI is InChI=1S/C12H14N6OS/c1-4-18-13-5-8(16-18)11-15-10(17-19-11)9-6-20-12(14-9)7(2)3/h5-7H,4H2,1-3H3. The average molecular weight is 290 g/mol. The fraction of sp³-hybridized carbons (Fsp3) is 0.417. The number of hydrogen-bond acceptors (Lipinski definition) is 7. The van der Waals surface area contributed by atoms with Crippen LogP contribution in [0.2, 0.25) is 0 Å². The van der Waals surface area contributed by atoms with Gasteiger partial charge in [0.25, 0.3) is 5.89 Å². The lowest BCUT2D eigenvalue weighted by Gasteiger charge is -1.95. The van der Waals surface area contributed by atoms with Crippen LogP contribution in [0.1, 0.15) is 31.7 Å². The van der Waals surface area contributed by atoms with Crippen molar-refractivity contribution in [1.29, 1.82) is 0 Å². The molecule has 7 nitrogen and oxygen atoms in total. The van der Waals surface area contributed by atoms with Crippen molar-refractivity contribution in [2.45, 2.75) is 33.2 Å². The van der Waals surface area contributed by atoms with Crippen molar-refractivity contribution < 1.29 is 4.52 Å². The van der Waals surface area contributed by atoms with Crippen molar-refractivity contribution in [1.82, 2.24) is 30.1 Å². The molecule has 0 aliphatic rings. The summed E-state index contributed by atoms with van der Waals surface area (Å²) in [4.78, 5) is 10.4. The van der Waals surface area contributed by atoms with Gasteiger partial charge in [0.05, 0.1) is 17.7 Å². The van der Waals surface area contributed by atoms with Gasteiger partial charge in [-0.3, -0.25) is 0 Å². The summed E-state index contributed by atoms with van der Waals surface area (Å²) < 4.78 is 5.22. The van der Waals surface area contributed by atoms with Crippen molar-refractivity contribution in [3.8, 4) is 23.1 Å². The fourth-order valence-corrected chi connectivity index (χ4v) is 2.45. The quantitative estimate of drug-likeness (QED) is 0.734. The van der Waals surface area contributed by atoms with E-state index in [-0.39, 0.29) is 0 Å². The molecule has 3 rings (SSSR count). The topological polar surface area (TPSA) is 82.5 Å². The molecule has 0 saturated heterocycles. The molecule has 0 aliphatic carbocycles. The summed E-state index contributed by atoms with van der Waals surface area (Å²) in [5.41, 5.74) is 1.31. The Labute approximate surface area is 119 Å². The zero-order valence-corrected chi connectivity index (χ0v) is 12.3. The molecule has 3 aromatic heterocycles. The zero-order chi connectivity index (χ0) is 14.1. The maximum Gasteiger partial charge on any atom is 0.280 e. The lowest BCUT2D eigenvalue weighted by molar-refractivity contribution is 0.429. The Kier molecular flexibility index (Phi) is 3.31. The molecule has 0 aromatic carbocycles. The average Bonchev–Trinajstić information content (AvgIpc) is 3.17. The largest absolute Gasteiger partial charge is 0.332 e. The highest BCUT2D eigenvalue weighted by molar-refractivity contribution is 7.10. The van der Waals surface area contributed by atoms with Crippen LogP contribution in [0.5, 0.6) is 0 Å². The monoisotopic (exact) mass is 290 g/mol. The predicted octanol–water partition coefficient (Wildman–Crippen LogP) is 2.59. The van der Waals surface area contributed by atoms with Gasteiger partial charge in [0.2, 0.25) is 5.82 Å². The smallest absolute Gasteiger partial charge is 0.280 e. The normalized spacial score (nSPS) is 11.4. The molecule has 0 radical (unpaired) electrons. The summed E-state index contributed by atoms with van der Waals surface area (Å²) in [5.74, 6) is 1.23. The Morgan fingerprint density at radius 3 is 2.80 bits per heavy atom. The van der Waals surface area contributed by atoms with Gasteiger partial charge < -0.3 is 4.52 Å². The van der Waals surface area contributed by atoms with E-state index in [1.165, 1.54) is 0 Å². The van der Waals surface area contributed by atoms with Gasteiger partial charge in [0, 0.05) is 11.3 Å². The van der Waals surface area contributed by atoms with E-state index >= 15 is 0 Å². The highest BCUT2D eigenvalue weighted by Crippen LogP contribution is 2.25. The summed E-state index contributed by atoms with van der Waals surface area (Å²) in [5, 5.41) is 15.3. The van der Waals surface area contributed by atoms with E-state index in [0.717, 1.165) is 10.7 Å². The molecule has 0 amide bonds. The number of hydrogen-bond donors (Lipinski definition) is 0. The van der Waals surface area contributed by atoms with Crippen molar-refractivity contribution >= 4 is 11.3 Å². The van der Waals surface area contributed by atoms with Gasteiger partial charge in [0.15, 0.2) is 5.69 Å². The minimum atomic E-state index is 0.360. The molecule has 20 heavy (non-hydrogen) atoms. The number of nitrogens with zero attached hydrogens (tertiary/aromatic N) is 6. The van der Waals surface area contributed by atoms with Crippen LogP contribution >= 0.6 is 11.3 Å². The molecule has 0 bridgehead atoms. The van der Waals surface area contributed by atoms with Gasteiger partial charge in [-0.25, -0.2) is 4.98 Å². The van der Waals surface area contributed by atoms with Gasteiger partial charge in [-0.15, -0.1) is 16.4 Å². The van der Waals surface area contributed by atoms with Crippen LogP contribution in [0.4, 0.5) is 0 Å². The molecule has 0 spiro atoms. The predicted molar refractivity (Wildman–Crippen MR) is 74.2 cm³/mol. The van der Waals surface area contributed by atoms with Crippen molar-refractivity contribution in [2.24, 2.45) is 0 Å². The lowest BCUT2D eigenvalue weighted by atomic mass is 10.2. The minimum Gasteiger partial charge on any atom is -0.332 e. The molecule has 0 aliphatic heterocycles. The van der Waals surface area contributed by atoms with E-state index in [2.05, 4.69) is 39.2 Å². The van der Waals surface area contributed by atoms with E-state index in [4.69, 9.17) is 4.52 Å². The van der Waals surface area contributed by atoms with Gasteiger partial charge in [-0.2, -0.15) is 14.9 Å². The molecule has 104 valence electrons. The molecule has 0 N–H and O–H groups in total. The Hall–Kier alpha value is -2.09. The van der Waals surface area contributed by atoms with E-state index in [1.54, 1.807) is 22.3 Å². The molecule has 3 aromatic rings. The van der Waals surface area contributed by atoms with E-state index in [1.807, 2.05) is 12.3 Å². The highest BCUT2D eigenvalue weighted by Gasteiger charge is 2.16. The first-order chi connectivity index (χ1) is 9.67. The first-order valence-electron chi connectivity index (χ1n) is 6.37. The van der Waals surface area contributed by atoms with Gasteiger partial charge in [-0.05, 0) is 6.92 Å². The second kappa shape index (κ2) is 5.12. The molecule has 0 atom stereocenters. The van der Waals surface area contributed by atoms with Gasteiger partial charge >= 0.3 is 0 Å². The number of aryl methyl sites for hydroxylation is 1. The third-order valence-electron chi connectivity index (χ3n) is 2.71. The maximum atomic E-state index is 5.22. The third kappa shape index (κ3) is 2.34. The number of rotatable bonds is 4. The van der Waals surface area contributed by atoms with Crippen molar-refractivity contribution in [2.75, 3.05) is 0 Å². The van der Waals surface area contributed by atoms with E-state index in [9.17, 15) is 0 Å². The second-order valence-electron chi connectivity index (χ2n) is 4.57. The summed E-state index contributed by atoms with van der Waals surface area (Å²) in [6.45, 7) is 6.87. The zero-order valence-electron chi connectivity index (χ0n) is 11.4. The molecule has 0 fully saturated rings. The van der Waals surface area contributed by atoms with E-state index in [0.29, 0.717) is 29.9 Å². The highest BCUT2D eigenvalue weighted by atomic mass is 32.1. The third-order valence-corrected chi connectivity index (χ3v) is 3.85. The Bertz CT molecular complexity index is 713. The Morgan fingerprint density at radius 1 is 1.30 bits per heavy atom. The van der Waals surface area contributed by atoms with Crippen LogP contribution in [0.25, 0.3) is 23.1 Å². The fourth-order valence-electron chi connectivity index (χ4n) is 1.63. The Balaban J connectivity index is 1.89. The number of thiazole rings is 1. The molecule has 0 saturated carbocycles. The molecule has 8 heteroatoms. The summed E-state index contributed by atoms with van der Waals surface area (Å²) in [6.07, 6.45) is 1.61. The van der Waals surface area contributed by atoms with Crippen LogP contribution in [0, 0.1) is 0 Å². The Morgan fingerprint density at radius 2 is 2.15 bits per heavy atom. The van der Waals surface area contributed by atoms with Crippen LogP contribution in [-0.2, 0) is 6.54 Å². The van der Waals surface area contributed by atoms with Crippen molar-refractivity contribution in [3.05, 3.63) is 16.6 Å². The van der Waals surface area contributed by atoms with E-state index < -0.39 is 0 Å². The van der Waals surface area contributed by atoms with Gasteiger partial charge in [0.1, 0.15) is 5.69 Å². The molecular formula is C12H14N6OS. The van der Waals surface area contributed by atoms with Crippen LogP contribution < -0.4 is 0 Å². The molecular weight excluding hydrogens is 276 g/mol. The molecule has 0 unspecified atom stereocenters.